The lowest BCUT2D eigenvalue weighted by atomic mass is 9.86. The van der Waals surface area contributed by atoms with E-state index in [1.807, 2.05) is 0 Å². The first kappa shape index (κ1) is 11.2. The number of amidine groups is 1. The number of nitrogens with zero attached hydrogens (tertiary/aromatic N) is 1. The van der Waals surface area contributed by atoms with Crippen LogP contribution in [0.5, 0.6) is 0 Å². The Labute approximate surface area is 109 Å². The molecule has 3 rings (SSSR count). The Balaban J connectivity index is 2.13. The van der Waals surface area contributed by atoms with Crippen LogP contribution in [0.2, 0.25) is 0 Å². The lowest BCUT2D eigenvalue weighted by molar-refractivity contribution is 0.00556. The zero-order valence-corrected chi connectivity index (χ0v) is 11.4. The van der Waals surface area contributed by atoms with Crippen molar-refractivity contribution in [2.75, 3.05) is 19.7 Å². The van der Waals surface area contributed by atoms with E-state index in [0.717, 1.165) is 32.0 Å². The second-order valence-electron chi connectivity index (χ2n) is 4.55. The third-order valence-electron chi connectivity index (χ3n) is 3.50. The number of rotatable bonds is 1. The number of halogens is 1. The molecule has 0 amide bonds. The predicted octanol–water partition coefficient (Wildman–Crippen LogP) is 2.24. The molecule has 0 fully saturated rings. The summed E-state index contributed by atoms with van der Waals surface area (Å²) in [5.41, 5.74) is 2.16. The normalized spacial score (nSPS) is 27.3. The largest absolute Gasteiger partial charge is 0.369 e. The van der Waals surface area contributed by atoms with Gasteiger partial charge in [-0.05, 0) is 30.5 Å². The van der Waals surface area contributed by atoms with Gasteiger partial charge in [-0.2, -0.15) is 0 Å². The molecule has 2 aliphatic heterocycles. The average Bonchev–Trinajstić information content (AvgIpc) is 2.85. The van der Waals surface area contributed by atoms with E-state index in [9.17, 15) is 0 Å². The predicted molar refractivity (Wildman–Crippen MR) is 71.5 cm³/mol. The summed E-state index contributed by atoms with van der Waals surface area (Å²) in [5.74, 6) is 0.969. The molecule has 3 nitrogen and oxygen atoms in total. The summed E-state index contributed by atoms with van der Waals surface area (Å²) >= 11 is 3.63. The molecule has 1 atom stereocenters. The molecule has 0 aliphatic carbocycles. The second kappa shape index (κ2) is 4.10. The van der Waals surface area contributed by atoms with Crippen LogP contribution >= 0.6 is 15.9 Å². The molecule has 1 aromatic rings. The maximum Gasteiger partial charge on any atom is 0.147 e. The molecule has 0 spiro atoms. The minimum atomic E-state index is -0.409. The number of aliphatic imine (C=N–C) groups is 1. The number of hydrogen-bond acceptors (Lipinski definition) is 3. The van der Waals surface area contributed by atoms with Crippen molar-refractivity contribution in [3.8, 4) is 0 Å². The Morgan fingerprint density at radius 3 is 3.12 bits per heavy atom. The topological polar surface area (TPSA) is 33.6 Å². The van der Waals surface area contributed by atoms with E-state index in [4.69, 9.17) is 4.74 Å². The summed E-state index contributed by atoms with van der Waals surface area (Å²) in [7, 11) is 0. The van der Waals surface area contributed by atoms with Gasteiger partial charge in [-0.15, -0.1) is 0 Å². The maximum atomic E-state index is 6.02. The van der Waals surface area contributed by atoms with Crippen LogP contribution in [0.25, 0.3) is 0 Å². The fourth-order valence-electron chi connectivity index (χ4n) is 2.61. The van der Waals surface area contributed by atoms with Gasteiger partial charge in [0.05, 0.1) is 13.2 Å². The molecule has 0 radical (unpaired) electrons. The van der Waals surface area contributed by atoms with Crippen molar-refractivity contribution in [1.29, 1.82) is 0 Å². The molecule has 1 aromatic carbocycles. The Kier molecular flexibility index (Phi) is 2.71. The summed E-state index contributed by atoms with van der Waals surface area (Å²) in [4.78, 5) is 4.52. The van der Waals surface area contributed by atoms with Crippen LogP contribution in [-0.4, -0.2) is 25.5 Å². The van der Waals surface area contributed by atoms with E-state index in [1.54, 1.807) is 0 Å². The van der Waals surface area contributed by atoms with Gasteiger partial charge in [-0.25, -0.2) is 0 Å². The van der Waals surface area contributed by atoms with Gasteiger partial charge in [0.2, 0.25) is 0 Å². The van der Waals surface area contributed by atoms with Crippen LogP contribution < -0.4 is 5.32 Å². The summed E-state index contributed by atoms with van der Waals surface area (Å²) in [6.07, 6.45) is 0.958. The smallest absolute Gasteiger partial charge is 0.147 e. The highest BCUT2D eigenvalue weighted by Gasteiger charge is 2.39. The van der Waals surface area contributed by atoms with Gasteiger partial charge >= 0.3 is 0 Å². The SMILES string of the molecule is CC1(C2=NCCN2)OCCc2c(Br)cccc21. The standard InChI is InChI=1S/C13H15BrN2O/c1-13(12-15-6-7-16-12)10-3-2-4-11(14)9(10)5-8-17-13/h2-4H,5-8H2,1H3,(H,15,16). The molecule has 4 heteroatoms. The average molecular weight is 295 g/mol. The van der Waals surface area contributed by atoms with Crippen molar-refractivity contribution >= 4 is 21.8 Å². The fourth-order valence-corrected chi connectivity index (χ4v) is 3.17. The minimum Gasteiger partial charge on any atom is -0.369 e. The Morgan fingerprint density at radius 1 is 1.47 bits per heavy atom. The van der Waals surface area contributed by atoms with Gasteiger partial charge in [-0.3, -0.25) is 4.99 Å². The molecule has 0 aromatic heterocycles. The van der Waals surface area contributed by atoms with Gasteiger partial charge in [0.1, 0.15) is 11.4 Å². The molecule has 1 N–H and O–H groups in total. The van der Waals surface area contributed by atoms with Gasteiger partial charge in [-0.1, -0.05) is 28.1 Å². The van der Waals surface area contributed by atoms with Crippen LogP contribution in [-0.2, 0) is 16.8 Å². The fraction of sp³-hybridized carbons (Fsp3) is 0.462. The molecule has 0 saturated heterocycles. The van der Waals surface area contributed by atoms with Crippen molar-refractivity contribution in [3.05, 3.63) is 33.8 Å². The Bertz CT molecular complexity index is 486. The molecular formula is C13H15BrN2O. The van der Waals surface area contributed by atoms with E-state index < -0.39 is 5.60 Å². The second-order valence-corrected chi connectivity index (χ2v) is 5.41. The number of benzene rings is 1. The molecule has 17 heavy (non-hydrogen) atoms. The first-order valence-electron chi connectivity index (χ1n) is 5.92. The number of ether oxygens (including phenoxy) is 1. The van der Waals surface area contributed by atoms with Crippen LogP contribution in [0, 0.1) is 0 Å². The zero-order chi connectivity index (χ0) is 11.9. The van der Waals surface area contributed by atoms with Crippen LogP contribution in [0.15, 0.2) is 27.7 Å². The first-order valence-corrected chi connectivity index (χ1v) is 6.72. The molecule has 2 heterocycles. The summed E-state index contributed by atoms with van der Waals surface area (Å²) in [5, 5.41) is 3.34. The van der Waals surface area contributed by atoms with E-state index in [-0.39, 0.29) is 0 Å². The molecule has 90 valence electrons. The zero-order valence-electron chi connectivity index (χ0n) is 9.79. The van der Waals surface area contributed by atoms with Crippen molar-refractivity contribution in [1.82, 2.24) is 5.32 Å². The summed E-state index contributed by atoms with van der Waals surface area (Å²) < 4.78 is 7.19. The Hall–Kier alpha value is -0.870. The van der Waals surface area contributed by atoms with Gasteiger partial charge < -0.3 is 10.1 Å². The highest BCUT2D eigenvalue weighted by Crippen LogP contribution is 2.37. The molecule has 2 aliphatic rings. The van der Waals surface area contributed by atoms with Crippen LogP contribution in [0.4, 0.5) is 0 Å². The first-order chi connectivity index (χ1) is 8.22. The van der Waals surface area contributed by atoms with Crippen molar-refractivity contribution in [2.24, 2.45) is 4.99 Å². The van der Waals surface area contributed by atoms with Crippen molar-refractivity contribution < 1.29 is 4.74 Å². The molecule has 0 bridgehead atoms. The number of fused-ring (bicyclic) bond motifs is 1. The number of hydrogen-bond donors (Lipinski definition) is 1. The monoisotopic (exact) mass is 294 g/mol. The maximum absolute atomic E-state index is 6.02. The molecular weight excluding hydrogens is 280 g/mol. The van der Waals surface area contributed by atoms with Crippen LogP contribution in [0.3, 0.4) is 0 Å². The highest BCUT2D eigenvalue weighted by atomic mass is 79.9. The van der Waals surface area contributed by atoms with Gasteiger partial charge in [0.15, 0.2) is 0 Å². The van der Waals surface area contributed by atoms with E-state index in [2.05, 4.69) is 51.4 Å². The van der Waals surface area contributed by atoms with E-state index in [1.165, 1.54) is 15.6 Å². The van der Waals surface area contributed by atoms with E-state index >= 15 is 0 Å². The quantitative estimate of drug-likeness (QED) is 0.862. The highest BCUT2D eigenvalue weighted by molar-refractivity contribution is 9.10. The summed E-state index contributed by atoms with van der Waals surface area (Å²) in [6.45, 7) is 4.61. The van der Waals surface area contributed by atoms with Gasteiger partial charge in [0.25, 0.3) is 0 Å². The molecule has 1 unspecified atom stereocenters. The third kappa shape index (κ3) is 1.70. The van der Waals surface area contributed by atoms with Crippen molar-refractivity contribution in [2.45, 2.75) is 18.9 Å². The van der Waals surface area contributed by atoms with Gasteiger partial charge in [0, 0.05) is 11.0 Å². The summed E-state index contributed by atoms with van der Waals surface area (Å²) in [6, 6.07) is 6.29. The van der Waals surface area contributed by atoms with Crippen molar-refractivity contribution in [3.63, 3.8) is 0 Å². The third-order valence-corrected chi connectivity index (χ3v) is 4.24. The number of nitrogens with one attached hydrogen (secondary N) is 1. The van der Waals surface area contributed by atoms with Crippen LogP contribution in [0.1, 0.15) is 18.1 Å². The Morgan fingerprint density at radius 2 is 2.35 bits per heavy atom. The lowest BCUT2D eigenvalue weighted by Gasteiger charge is -2.36. The molecule has 0 saturated carbocycles. The van der Waals surface area contributed by atoms with E-state index in [0.29, 0.717) is 0 Å². The lowest BCUT2D eigenvalue weighted by Crippen LogP contribution is -2.45. The minimum absolute atomic E-state index is 0.409.